The van der Waals surface area contributed by atoms with E-state index in [2.05, 4.69) is 10.6 Å². The van der Waals surface area contributed by atoms with Crippen molar-refractivity contribution in [2.75, 3.05) is 17.7 Å². The molecule has 236 valence electrons. The molecule has 4 N–H and O–H groups in total. The number of rotatable bonds is 10. The van der Waals surface area contributed by atoms with E-state index in [1.54, 1.807) is 24.3 Å². The monoisotopic (exact) mass is 658 g/mol. The number of carbonyl (C=O) groups excluding carboxylic acids is 3. The second kappa shape index (κ2) is 14.4. The Labute approximate surface area is 272 Å². The fourth-order valence-corrected chi connectivity index (χ4v) is 7.62. The molecule has 46 heavy (non-hydrogen) atoms. The lowest BCUT2D eigenvalue weighted by Gasteiger charge is -2.18. The van der Waals surface area contributed by atoms with Gasteiger partial charge in [0.1, 0.15) is 10.3 Å². The van der Waals surface area contributed by atoms with E-state index < -0.39 is 34.6 Å². The Bertz CT molecular complexity index is 1820. The summed E-state index contributed by atoms with van der Waals surface area (Å²) in [7, 11) is 1.33. The lowest BCUT2D eigenvalue weighted by molar-refractivity contribution is -0.115. The number of thioether (sulfide) groups is 1. The molecule has 0 spiro atoms. The van der Waals surface area contributed by atoms with Crippen LogP contribution in [0.3, 0.4) is 0 Å². The number of aryl methyl sites for hydroxylation is 1. The minimum atomic E-state index is -1.44. The van der Waals surface area contributed by atoms with Crippen molar-refractivity contribution in [1.82, 2.24) is 0 Å². The van der Waals surface area contributed by atoms with Crippen LogP contribution in [0.1, 0.15) is 81.9 Å². The van der Waals surface area contributed by atoms with Crippen molar-refractivity contribution in [3.8, 4) is 0 Å². The summed E-state index contributed by atoms with van der Waals surface area (Å²) in [5, 5.41) is 24.2. The highest BCUT2D eigenvalue weighted by Crippen LogP contribution is 2.41. The molecule has 1 aromatic heterocycles. The molecule has 0 aliphatic heterocycles. The molecule has 2 amide bonds. The molecule has 3 aromatic carbocycles. The van der Waals surface area contributed by atoms with Crippen molar-refractivity contribution < 1.29 is 38.9 Å². The Morgan fingerprint density at radius 1 is 0.826 bits per heavy atom. The normalized spacial score (nSPS) is 13.1. The first-order valence-electron chi connectivity index (χ1n) is 14.4. The Morgan fingerprint density at radius 3 is 2.30 bits per heavy atom. The molecule has 0 fully saturated rings. The summed E-state index contributed by atoms with van der Waals surface area (Å²) in [5.74, 6) is -4.30. The van der Waals surface area contributed by atoms with Gasteiger partial charge in [-0.3, -0.25) is 9.59 Å². The van der Waals surface area contributed by atoms with Gasteiger partial charge in [0.05, 0.1) is 29.4 Å². The number of thiophene rings is 1. The third kappa shape index (κ3) is 7.30. The average Bonchev–Trinajstić information content (AvgIpc) is 3.22. The first-order valence-corrected chi connectivity index (χ1v) is 16.1. The summed E-state index contributed by atoms with van der Waals surface area (Å²) in [6, 6.07) is 19.2. The third-order valence-corrected chi connectivity index (χ3v) is 9.93. The van der Waals surface area contributed by atoms with Crippen LogP contribution in [0.5, 0.6) is 0 Å². The maximum Gasteiger partial charge on any atom is 0.341 e. The van der Waals surface area contributed by atoms with Crippen molar-refractivity contribution in [1.29, 1.82) is 0 Å². The molecular weight excluding hydrogens is 629 g/mol. The summed E-state index contributed by atoms with van der Waals surface area (Å²) < 4.78 is 5.10. The van der Waals surface area contributed by atoms with Crippen LogP contribution in [0.4, 0.5) is 10.7 Å². The lowest BCUT2D eigenvalue weighted by Crippen LogP contribution is -2.20. The molecule has 0 saturated heterocycles. The van der Waals surface area contributed by atoms with Crippen molar-refractivity contribution >= 4 is 63.5 Å². The molecule has 0 radical (unpaired) electrons. The summed E-state index contributed by atoms with van der Waals surface area (Å²) in [5.41, 5.74) is 1.53. The fourth-order valence-electron chi connectivity index (χ4n) is 5.26. The van der Waals surface area contributed by atoms with Gasteiger partial charge in [0.2, 0.25) is 5.91 Å². The molecule has 1 unspecified atom stereocenters. The summed E-state index contributed by atoms with van der Waals surface area (Å²) in [6.07, 6.45) is 4.64. The number of nitrogens with one attached hydrogen (secondary N) is 2. The van der Waals surface area contributed by atoms with E-state index >= 15 is 0 Å². The van der Waals surface area contributed by atoms with E-state index in [0.717, 1.165) is 66.3 Å². The zero-order valence-electron chi connectivity index (χ0n) is 24.7. The number of carbonyl (C=O) groups is 5. The molecule has 1 heterocycles. The minimum absolute atomic E-state index is 0.201. The third-order valence-electron chi connectivity index (χ3n) is 7.48. The van der Waals surface area contributed by atoms with Gasteiger partial charge in [-0.1, -0.05) is 42.8 Å². The topological polar surface area (TPSA) is 159 Å². The van der Waals surface area contributed by atoms with Crippen molar-refractivity contribution in [3.05, 3.63) is 111 Å². The van der Waals surface area contributed by atoms with Crippen LogP contribution in [-0.2, 0) is 22.4 Å². The summed E-state index contributed by atoms with van der Waals surface area (Å²) in [6.45, 7) is 0. The second-order valence-electron chi connectivity index (χ2n) is 10.5. The van der Waals surface area contributed by atoms with Gasteiger partial charge in [-0.05, 0) is 73.2 Å². The smallest absolute Gasteiger partial charge is 0.341 e. The van der Waals surface area contributed by atoms with Crippen molar-refractivity contribution in [2.24, 2.45) is 0 Å². The molecule has 1 aliphatic rings. The quantitative estimate of drug-likeness (QED) is 0.0806. The van der Waals surface area contributed by atoms with Crippen LogP contribution >= 0.6 is 23.1 Å². The predicted octanol–water partition coefficient (Wildman–Crippen LogP) is 6.92. The van der Waals surface area contributed by atoms with Crippen LogP contribution in [0.25, 0.3) is 0 Å². The zero-order chi connectivity index (χ0) is 32.8. The number of hydrogen-bond acceptors (Lipinski definition) is 8. The highest BCUT2D eigenvalue weighted by molar-refractivity contribution is 8.00. The number of benzene rings is 3. The first-order chi connectivity index (χ1) is 22.2. The number of carboxylic acids is 2. The maximum atomic E-state index is 13.9. The number of fused-ring (bicyclic) bond motifs is 1. The molecule has 0 saturated carbocycles. The number of methoxy groups -OCH3 is 1. The van der Waals surface area contributed by atoms with E-state index in [4.69, 9.17) is 4.74 Å². The molecule has 4 aromatic rings. The maximum absolute atomic E-state index is 13.9. The number of aromatic carboxylic acids is 2. The molecule has 12 heteroatoms. The Kier molecular flexibility index (Phi) is 10.2. The van der Waals surface area contributed by atoms with E-state index in [9.17, 15) is 34.2 Å². The molecular formula is C34H30N2O8S2. The number of anilines is 2. The Morgan fingerprint density at radius 2 is 1.59 bits per heavy atom. The van der Waals surface area contributed by atoms with E-state index in [1.165, 1.54) is 30.2 Å². The first kappa shape index (κ1) is 32.5. The van der Waals surface area contributed by atoms with E-state index in [1.807, 2.05) is 30.3 Å². The molecule has 0 bridgehead atoms. The highest BCUT2D eigenvalue weighted by Gasteiger charge is 2.29. The van der Waals surface area contributed by atoms with Gasteiger partial charge in [0, 0.05) is 15.5 Å². The van der Waals surface area contributed by atoms with Crippen LogP contribution in [0, 0.1) is 0 Å². The molecule has 5 rings (SSSR count). The standard InChI is InChI=1S/C34H30N2O8S2/c1-44-34(43)27-24-13-6-3-7-14-26(24)46-31(27)36-30(38)28(19-9-4-2-5-10-19)45-22-12-8-11-21(18-22)35-29(37)23-16-15-20(32(39)40)17-25(23)33(41)42/h2,4-5,8-12,15-18,28H,3,6-7,13-14H2,1H3,(H,35,37)(H,36,38)(H,39,40)(H,41,42). The van der Waals surface area contributed by atoms with Gasteiger partial charge < -0.3 is 25.6 Å². The van der Waals surface area contributed by atoms with Crippen LogP contribution in [0.15, 0.2) is 77.7 Å². The molecule has 1 atom stereocenters. The van der Waals surface area contributed by atoms with Gasteiger partial charge in [0.25, 0.3) is 5.91 Å². The minimum Gasteiger partial charge on any atom is -0.478 e. The van der Waals surface area contributed by atoms with Crippen LogP contribution in [0.2, 0.25) is 0 Å². The van der Waals surface area contributed by atoms with Gasteiger partial charge in [0.15, 0.2) is 0 Å². The lowest BCUT2D eigenvalue weighted by atomic mass is 10.0. The Balaban J connectivity index is 1.41. The predicted molar refractivity (Wildman–Crippen MR) is 175 cm³/mol. The SMILES string of the molecule is COC(=O)c1c(NC(=O)C(Sc2cccc(NC(=O)c3ccc(C(=O)O)cc3C(=O)O)c2)c2ccccc2)sc2c1CCCCC2. The van der Waals surface area contributed by atoms with Crippen LogP contribution in [-0.4, -0.2) is 47.0 Å². The van der Waals surface area contributed by atoms with Gasteiger partial charge in [-0.2, -0.15) is 0 Å². The van der Waals surface area contributed by atoms with Crippen molar-refractivity contribution in [2.45, 2.75) is 42.2 Å². The molecule has 1 aliphatic carbocycles. The van der Waals surface area contributed by atoms with Gasteiger partial charge in [-0.25, -0.2) is 14.4 Å². The van der Waals surface area contributed by atoms with Gasteiger partial charge in [-0.15, -0.1) is 23.1 Å². The van der Waals surface area contributed by atoms with E-state index in [0.29, 0.717) is 21.1 Å². The number of ether oxygens (including phenoxy) is 1. The van der Waals surface area contributed by atoms with Gasteiger partial charge >= 0.3 is 17.9 Å². The zero-order valence-corrected chi connectivity index (χ0v) is 26.3. The second-order valence-corrected chi connectivity index (χ2v) is 12.8. The molecule has 10 nitrogen and oxygen atoms in total. The fraction of sp³-hybridized carbons (Fsp3) is 0.206. The largest absolute Gasteiger partial charge is 0.478 e. The average molecular weight is 659 g/mol. The van der Waals surface area contributed by atoms with Crippen molar-refractivity contribution in [3.63, 3.8) is 0 Å². The summed E-state index contributed by atoms with van der Waals surface area (Å²) >= 11 is 2.66. The number of amides is 2. The number of carboxylic acid groups (broad SMARTS) is 2. The Hall–Kier alpha value is -4.94. The summed E-state index contributed by atoms with van der Waals surface area (Å²) in [4.78, 5) is 64.7. The highest BCUT2D eigenvalue weighted by atomic mass is 32.2. The van der Waals surface area contributed by atoms with E-state index in [-0.39, 0.29) is 17.0 Å². The number of esters is 1. The number of hydrogen-bond donors (Lipinski definition) is 4. The van der Waals surface area contributed by atoms with Crippen LogP contribution < -0.4 is 10.6 Å².